The highest BCUT2D eigenvalue weighted by atomic mass is 19.1. The Morgan fingerprint density at radius 1 is 1.11 bits per heavy atom. The van der Waals surface area contributed by atoms with Crippen molar-refractivity contribution < 1.29 is 13.5 Å². The minimum Gasteiger partial charge on any atom is -0.494 e. The van der Waals surface area contributed by atoms with E-state index in [1.54, 1.807) is 13.0 Å². The monoisotopic (exact) mass is 264 g/mol. The van der Waals surface area contributed by atoms with Crippen LogP contribution in [-0.4, -0.2) is 7.11 Å². The Labute approximate surface area is 110 Å². The Morgan fingerprint density at radius 3 is 2.53 bits per heavy atom. The first-order chi connectivity index (χ1) is 9.01. The van der Waals surface area contributed by atoms with Crippen LogP contribution in [0.1, 0.15) is 5.56 Å². The second kappa shape index (κ2) is 5.14. The van der Waals surface area contributed by atoms with E-state index in [2.05, 4.69) is 5.32 Å². The van der Waals surface area contributed by atoms with Gasteiger partial charge in [0.15, 0.2) is 0 Å². The summed E-state index contributed by atoms with van der Waals surface area (Å²) in [5.74, 6) is -0.416. The summed E-state index contributed by atoms with van der Waals surface area (Å²) in [6.45, 7) is 1.64. The van der Waals surface area contributed by atoms with Crippen LogP contribution in [0.5, 0.6) is 5.75 Å². The van der Waals surface area contributed by atoms with Crippen molar-refractivity contribution in [1.29, 1.82) is 0 Å². The van der Waals surface area contributed by atoms with Crippen molar-refractivity contribution >= 4 is 17.1 Å². The summed E-state index contributed by atoms with van der Waals surface area (Å²) in [7, 11) is 1.44. The number of nitrogens with two attached hydrogens (primary N) is 1. The van der Waals surface area contributed by atoms with Crippen LogP contribution in [0, 0.1) is 18.6 Å². The number of anilines is 3. The summed E-state index contributed by atoms with van der Waals surface area (Å²) in [5.41, 5.74) is 7.59. The molecule has 0 aliphatic heterocycles. The number of hydrogen-bond donors (Lipinski definition) is 2. The Balaban J connectivity index is 2.39. The van der Waals surface area contributed by atoms with Crippen molar-refractivity contribution in [2.45, 2.75) is 6.92 Å². The Kier molecular flexibility index (Phi) is 3.55. The minimum absolute atomic E-state index is 0.273. The number of halogens is 2. The van der Waals surface area contributed by atoms with Crippen molar-refractivity contribution in [2.75, 3.05) is 18.2 Å². The zero-order chi connectivity index (χ0) is 14.0. The van der Waals surface area contributed by atoms with Gasteiger partial charge in [-0.15, -0.1) is 0 Å². The predicted octanol–water partition coefficient (Wildman–Crippen LogP) is 3.61. The SMILES string of the molecule is COc1cc(F)ccc1Nc1cc(C)c(F)cc1N. The number of rotatable bonds is 3. The fourth-order valence-corrected chi connectivity index (χ4v) is 1.72. The first-order valence-corrected chi connectivity index (χ1v) is 5.67. The zero-order valence-electron chi connectivity index (χ0n) is 10.6. The maximum absolute atomic E-state index is 13.3. The average molecular weight is 264 g/mol. The van der Waals surface area contributed by atoms with E-state index in [4.69, 9.17) is 10.5 Å². The van der Waals surface area contributed by atoms with Gasteiger partial charge in [-0.25, -0.2) is 8.78 Å². The van der Waals surface area contributed by atoms with Gasteiger partial charge < -0.3 is 15.8 Å². The summed E-state index contributed by atoms with van der Waals surface area (Å²) in [4.78, 5) is 0. The molecule has 0 amide bonds. The van der Waals surface area contributed by atoms with Gasteiger partial charge in [0.05, 0.1) is 24.2 Å². The van der Waals surface area contributed by atoms with Crippen LogP contribution in [0.25, 0.3) is 0 Å². The van der Waals surface area contributed by atoms with E-state index in [-0.39, 0.29) is 11.5 Å². The normalized spacial score (nSPS) is 10.3. The predicted molar refractivity (Wildman–Crippen MR) is 71.8 cm³/mol. The molecule has 0 aliphatic rings. The van der Waals surface area contributed by atoms with Crippen LogP contribution in [0.4, 0.5) is 25.8 Å². The largest absolute Gasteiger partial charge is 0.494 e. The molecule has 3 nitrogen and oxygen atoms in total. The molecule has 2 aromatic rings. The molecule has 0 spiro atoms. The van der Waals surface area contributed by atoms with Crippen molar-refractivity contribution in [2.24, 2.45) is 0 Å². The summed E-state index contributed by atoms with van der Waals surface area (Å²) in [5, 5.41) is 3.00. The molecule has 100 valence electrons. The Morgan fingerprint density at radius 2 is 1.84 bits per heavy atom. The first kappa shape index (κ1) is 13.1. The van der Waals surface area contributed by atoms with E-state index in [0.29, 0.717) is 22.7 Å². The topological polar surface area (TPSA) is 47.3 Å². The van der Waals surface area contributed by atoms with E-state index in [9.17, 15) is 8.78 Å². The molecule has 3 N–H and O–H groups in total. The molecular formula is C14H14F2N2O. The van der Waals surface area contributed by atoms with E-state index in [0.717, 1.165) is 0 Å². The summed E-state index contributed by atoms with van der Waals surface area (Å²) >= 11 is 0. The summed E-state index contributed by atoms with van der Waals surface area (Å²) in [6, 6.07) is 6.93. The van der Waals surface area contributed by atoms with Gasteiger partial charge in [-0.3, -0.25) is 0 Å². The van der Waals surface area contributed by atoms with E-state index in [1.807, 2.05) is 0 Å². The van der Waals surface area contributed by atoms with Crippen LogP contribution < -0.4 is 15.8 Å². The molecule has 0 radical (unpaired) electrons. The van der Waals surface area contributed by atoms with E-state index in [1.165, 1.54) is 31.4 Å². The molecule has 0 saturated carbocycles. The maximum Gasteiger partial charge on any atom is 0.145 e. The number of nitrogen functional groups attached to an aromatic ring is 1. The molecule has 0 aromatic heterocycles. The molecule has 0 aliphatic carbocycles. The first-order valence-electron chi connectivity index (χ1n) is 5.67. The minimum atomic E-state index is -0.398. The molecule has 0 saturated heterocycles. The van der Waals surface area contributed by atoms with Crippen molar-refractivity contribution in [3.8, 4) is 5.75 Å². The number of methoxy groups -OCH3 is 1. The van der Waals surface area contributed by atoms with Gasteiger partial charge in [-0.2, -0.15) is 0 Å². The third kappa shape index (κ3) is 2.76. The van der Waals surface area contributed by atoms with E-state index >= 15 is 0 Å². The lowest BCUT2D eigenvalue weighted by molar-refractivity contribution is 0.413. The third-order valence-electron chi connectivity index (χ3n) is 2.76. The van der Waals surface area contributed by atoms with Crippen LogP contribution in [0.15, 0.2) is 30.3 Å². The van der Waals surface area contributed by atoms with E-state index < -0.39 is 5.82 Å². The van der Waals surface area contributed by atoms with Gasteiger partial charge in [0.2, 0.25) is 0 Å². The third-order valence-corrected chi connectivity index (χ3v) is 2.76. The zero-order valence-corrected chi connectivity index (χ0v) is 10.6. The quantitative estimate of drug-likeness (QED) is 0.832. The van der Waals surface area contributed by atoms with Gasteiger partial charge in [0, 0.05) is 6.07 Å². The lowest BCUT2D eigenvalue weighted by Crippen LogP contribution is -2.00. The number of nitrogens with one attached hydrogen (secondary N) is 1. The Hall–Kier alpha value is -2.30. The van der Waals surface area contributed by atoms with Crippen molar-refractivity contribution in [3.63, 3.8) is 0 Å². The highest BCUT2D eigenvalue weighted by molar-refractivity contribution is 5.76. The van der Waals surface area contributed by atoms with Gasteiger partial charge >= 0.3 is 0 Å². The smallest absolute Gasteiger partial charge is 0.145 e. The lowest BCUT2D eigenvalue weighted by atomic mass is 10.1. The number of benzene rings is 2. The molecule has 2 aromatic carbocycles. The molecule has 0 bridgehead atoms. The van der Waals surface area contributed by atoms with Crippen LogP contribution in [0.3, 0.4) is 0 Å². The second-order valence-corrected chi connectivity index (χ2v) is 4.16. The molecule has 19 heavy (non-hydrogen) atoms. The molecule has 0 atom stereocenters. The molecule has 5 heteroatoms. The molecule has 0 heterocycles. The fraction of sp³-hybridized carbons (Fsp3) is 0.143. The summed E-state index contributed by atoms with van der Waals surface area (Å²) < 4.78 is 31.5. The number of aryl methyl sites for hydroxylation is 1. The van der Waals surface area contributed by atoms with Crippen LogP contribution in [0.2, 0.25) is 0 Å². The molecule has 2 rings (SSSR count). The molecule has 0 fully saturated rings. The lowest BCUT2D eigenvalue weighted by Gasteiger charge is -2.14. The average Bonchev–Trinajstić information content (AvgIpc) is 2.37. The van der Waals surface area contributed by atoms with Gasteiger partial charge in [-0.1, -0.05) is 0 Å². The second-order valence-electron chi connectivity index (χ2n) is 4.16. The fourth-order valence-electron chi connectivity index (χ4n) is 1.72. The molecule has 0 unspecified atom stereocenters. The van der Waals surface area contributed by atoms with Gasteiger partial charge in [0.1, 0.15) is 17.4 Å². The van der Waals surface area contributed by atoms with Gasteiger partial charge in [-0.05, 0) is 36.8 Å². The number of ether oxygens (including phenoxy) is 1. The molecular weight excluding hydrogens is 250 g/mol. The van der Waals surface area contributed by atoms with Gasteiger partial charge in [0.25, 0.3) is 0 Å². The summed E-state index contributed by atoms with van der Waals surface area (Å²) in [6.07, 6.45) is 0. The Bertz CT molecular complexity index is 615. The standard InChI is InChI=1S/C14H14F2N2O/c1-8-5-13(11(17)7-10(8)16)18-12-4-3-9(15)6-14(12)19-2/h3-7,18H,17H2,1-2H3. The highest BCUT2D eigenvalue weighted by Gasteiger charge is 2.09. The maximum atomic E-state index is 13.3. The van der Waals surface area contributed by atoms with Crippen LogP contribution >= 0.6 is 0 Å². The van der Waals surface area contributed by atoms with Crippen molar-refractivity contribution in [3.05, 3.63) is 47.5 Å². The number of hydrogen-bond acceptors (Lipinski definition) is 3. The highest BCUT2D eigenvalue weighted by Crippen LogP contribution is 2.31. The van der Waals surface area contributed by atoms with Crippen molar-refractivity contribution in [1.82, 2.24) is 0 Å². The van der Waals surface area contributed by atoms with Crippen LogP contribution in [-0.2, 0) is 0 Å².